The standard InChI is InChI=1S/C22H32N2O3S/c1-18-10-12-21(13-11-18)28(26,27)24-16-6-5-9-20(24)17-22(25)23-15-14-19-7-3-2-4-8-19/h7,10-13,20H,2-6,8-9,14-17H2,1H3,(H,23,25). The van der Waals surface area contributed by atoms with Gasteiger partial charge in [-0.1, -0.05) is 35.8 Å². The van der Waals surface area contributed by atoms with E-state index in [4.69, 9.17) is 0 Å². The van der Waals surface area contributed by atoms with Crippen LogP contribution < -0.4 is 5.32 Å². The number of nitrogens with zero attached hydrogens (tertiary/aromatic N) is 1. The zero-order valence-electron chi connectivity index (χ0n) is 16.8. The van der Waals surface area contributed by atoms with E-state index in [0.29, 0.717) is 18.0 Å². The van der Waals surface area contributed by atoms with E-state index in [0.717, 1.165) is 44.1 Å². The Morgan fingerprint density at radius 2 is 1.93 bits per heavy atom. The molecule has 5 nitrogen and oxygen atoms in total. The Morgan fingerprint density at radius 3 is 2.64 bits per heavy atom. The molecule has 0 aromatic heterocycles. The Kier molecular flexibility index (Phi) is 7.30. The summed E-state index contributed by atoms with van der Waals surface area (Å²) in [6.45, 7) is 3.07. The first-order valence-corrected chi connectivity index (χ1v) is 11.9. The number of allylic oxidation sites excluding steroid dienone is 1. The fraction of sp³-hybridized carbons (Fsp3) is 0.591. The van der Waals surface area contributed by atoms with E-state index in [-0.39, 0.29) is 18.4 Å². The monoisotopic (exact) mass is 404 g/mol. The molecule has 1 atom stereocenters. The number of sulfonamides is 1. The summed E-state index contributed by atoms with van der Waals surface area (Å²) in [5, 5.41) is 3.00. The van der Waals surface area contributed by atoms with Crippen LogP contribution in [0.3, 0.4) is 0 Å². The van der Waals surface area contributed by atoms with Crippen molar-refractivity contribution in [1.82, 2.24) is 9.62 Å². The number of carbonyl (C=O) groups is 1. The molecule has 6 heteroatoms. The number of rotatable bonds is 7. The number of carbonyl (C=O) groups excluding carboxylic acids is 1. The van der Waals surface area contributed by atoms with Crippen molar-refractivity contribution in [3.63, 3.8) is 0 Å². The van der Waals surface area contributed by atoms with Gasteiger partial charge in [-0.25, -0.2) is 8.42 Å². The van der Waals surface area contributed by atoms with Gasteiger partial charge in [0.15, 0.2) is 0 Å². The lowest BCUT2D eigenvalue weighted by Gasteiger charge is -2.34. The summed E-state index contributed by atoms with van der Waals surface area (Å²) in [5.74, 6) is -0.0487. The summed E-state index contributed by atoms with van der Waals surface area (Å²) in [4.78, 5) is 12.8. The van der Waals surface area contributed by atoms with Gasteiger partial charge in [-0.15, -0.1) is 0 Å². The second-order valence-corrected chi connectivity index (χ2v) is 9.88. The van der Waals surface area contributed by atoms with Gasteiger partial charge in [0.25, 0.3) is 0 Å². The summed E-state index contributed by atoms with van der Waals surface area (Å²) >= 11 is 0. The minimum absolute atomic E-state index is 0.0487. The highest BCUT2D eigenvalue weighted by Gasteiger charge is 2.34. The van der Waals surface area contributed by atoms with E-state index >= 15 is 0 Å². The van der Waals surface area contributed by atoms with Crippen LogP contribution in [0.5, 0.6) is 0 Å². The summed E-state index contributed by atoms with van der Waals surface area (Å²) < 4.78 is 27.7. The maximum absolute atomic E-state index is 13.1. The second kappa shape index (κ2) is 9.70. The molecule has 1 saturated heterocycles. The van der Waals surface area contributed by atoms with Gasteiger partial charge >= 0.3 is 0 Å². The van der Waals surface area contributed by atoms with Gasteiger partial charge < -0.3 is 5.32 Å². The lowest BCUT2D eigenvalue weighted by Crippen LogP contribution is -2.46. The Balaban J connectivity index is 1.58. The third-order valence-corrected chi connectivity index (χ3v) is 7.74. The van der Waals surface area contributed by atoms with Crippen LogP contribution in [0.25, 0.3) is 0 Å². The van der Waals surface area contributed by atoms with Crippen molar-refractivity contribution in [1.29, 1.82) is 0 Å². The molecule has 0 bridgehead atoms. The van der Waals surface area contributed by atoms with Crippen LogP contribution in [0.2, 0.25) is 0 Å². The lowest BCUT2D eigenvalue weighted by molar-refractivity contribution is -0.122. The van der Waals surface area contributed by atoms with Gasteiger partial charge in [0, 0.05) is 25.6 Å². The Hall–Kier alpha value is -1.66. The van der Waals surface area contributed by atoms with Gasteiger partial charge in [-0.05, 0) is 64.0 Å². The zero-order chi connectivity index (χ0) is 20.0. The van der Waals surface area contributed by atoms with E-state index < -0.39 is 10.0 Å². The Morgan fingerprint density at radius 1 is 1.14 bits per heavy atom. The van der Waals surface area contributed by atoms with Crippen LogP contribution in [0.1, 0.15) is 63.4 Å². The number of hydrogen-bond donors (Lipinski definition) is 1. The molecular weight excluding hydrogens is 372 g/mol. The molecule has 1 fully saturated rings. The van der Waals surface area contributed by atoms with E-state index in [1.54, 1.807) is 16.4 Å². The quantitative estimate of drug-likeness (QED) is 0.700. The van der Waals surface area contributed by atoms with Crippen molar-refractivity contribution in [3.8, 4) is 0 Å². The summed E-state index contributed by atoms with van der Waals surface area (Å²) in [5.41, 5.74) is 2.47. The Labute approximate surface area is 169 Å². The van der Waals surface area contributed by atoms with E-state index in [1.807, 2.05) is 19.1 Å². The lowest BCUT2D eigenvalue weighted by atomic mass is 9.97. The molecule has 28 heavy (non-hydrogen) atoms. The molecule has 0 saturated carbocycles. The molecule has 1 N–H and O–H groups in total. The van der Waals surface area contributed by atoms with Gasteiger partial charge in [0.05, 0.1) is 4.90 Å². The highest BCUT2D eigenvalue weighted by Crippen LogP contribution is 2.27. The molecule has 1 aliphatic heterocycles. The molecule has 1 aromatic carbocycles. The third kappa shape index (κ3) is 5.45. The first kappa shape index (κ1) is 21.1. The number of benzene rings is 1. The fourth-order valence-corrected chi connectivity index (χ4v) is 5.81. The summed E-state index contributed by atoms with van der Waals surface area (Å²) in [6, 6.07) is 6.70. The third-order valence-electron chi connectivity index (χ3n) is 5.78. The van der Waals surface area contributed by atoms with Crippen LogP contribution in [-0.4, -0.2) is 37.8 Å². The average molecular weight is 405 g/mol. The number of piperidine rings is 1. The number of hydrogen-bond acceptors (Lipinski definition) is 3. The van der Waals surface area contributed by atoms with Gasteiger partial charge in [-0.2, -0.15) is 4.31 Å². The summed E-state index contributed by atoms with van der Waals surface area (Å²) in [6.07, 6.45) is 10.8. The van der Waals surface area contributed by atoms with Gasteiger partial charge in [-0.3, -0.25) is 4.79 Å². The number of nitrogens with one attached hydrogen (secondary N) is 1. The van der Waals surface area contributed by atoms with E-state index in [9.17, 15) is 13.2 Å². The highest BCUT2D eigenvalue weighted by molar-refractivity contribution is 7.89. The molecule has 1 aromatic rings. The molecule has 3 rings (SSSR count). The minimum atomic E-state index is -3.57. The van der Waals surface area contributed by atoms with Crippen molar-refractivity contribution < 1.29 is 13.2 Å². The predicted molar refractivity (Wildman–Crippen MR) is 112 cm³/mol. The van der Waals surface area contributed by atoms with Crippen molar-refractivity contribution in [2.75, 3.05) is 13.1 Å². The van der Waals surface area contributed by atoms with Crippen LogP contribution in [0.15, 0.2) is 40.8 Å². The second-order valence-electron chi connectivity index (χ2n) is 7.99. The van der Waals surface area contributed by atoms with Crippen LogP contribution in [-0.2, 0) is 14.8 Å². The largest absolute Gasteiger partial charge is 0.356 e. The van der Waals surface area contributed by atoms with Crippen LogP contribution in [0, 0.1) is 6.92 Å². The highest BCUT2D eigenvalue weighted by atomic mass is 32.2. The molecule has 154 valence electrons. The normalized spacial score (nSPS) is 21.2. The number of aryl methyl sites for hydroxylation is 1. The molecule has 1 amide bonds. The van der Waals surface area contributed by atoms with Crippen molar-refractivity contribution in [2.24, 2.45) is 0 Å². The van der Waals surface area contributed by atoms with Crippen LogP contribution >= 0.6 is 0 Å². The minimum Gasteiger partial charge on any atom is -0.356 e. The number of amides is 1. The summed E-state index contributed by atoms with van der Waals surface area (Å²) in [7, 11) is -3.57. The van der Waals surface area contributed by atoms with E-state index in [1.165, 1.54) is 18.4 Å². The zero-order valence-corrected chi connectivity index (χ0v) is 17.6. The first-order valence-electron chi connectivity index (χ1n) is 10.5. The molecule has 2 aliphatic rings. The van der Waals surface area contributed by atoms with Crippen molar-refractivity contribution >= 4 is 15.9 Å². The van der Waals surface area contributed by atoms with Crippen LogP contribution in [0.4, 0.5) is 0 Å². The molecular formula is C22H32N2O3S. The maximum Gasteiger partial charge on any atom is 0.243 e. The predicted octanol–water partition coefficient (Wildman–Crippen LogP) is 3.94. The fourth-order valence-electron chi connectivity index (χ4n) is 4.12. The molecule has 1 aliphatic carbocycles. The van der Waals surface area contributed by atoms with Gasteiger partial charge in [0.2, 0.25) is 15.9 Å². The molecule has 0 spiro atoms. The topological polar surface area (TPSA) is 66.5 Å². The SMILES string of the molecule is Cc1ccc(S(=O)(=O)N2CCCCC2CC(=O)NCCC2=CCCCC2)cc1. The maximum atomic E-state index is 13.1. The average Bonchev–Trinajstić information content (AvgIpc) is 2.69. The van der Waals surface area contributed by atoms with E-state index in [2.05, 4.69) is 11.4 Å². The molecule has 1 unspecified atom stereocenters. The van der Waals surface area contributed by atoms with Gasteiger partial charge in [0.1, 0.15) is 0 Å². The van der Waals surface area contributed by atoms with Crippen molar-refractivity contribution in [3.05, 3.63) is 41.5 Å². The smallest absolute Gasteiger partial charge is 0.243 e. The molecule has 1 heterocycles. The Bertz CT molecular complexity index is 800. The molecule has 0 radical (unpaired) electrons. The van der Waals surface area contributed by atoms with Crippen molar-refractivity contribution in [2.45, 2.75) is 75.6 Å². The first-order chi connectivity index (χ1) is 13.5.